The number of rotatable bonds is 6. The Labute approximate surface area is 199 Å². The number of alkyl carbamates (subject to hydrolysis) is 1. The van der Waals surface area contributed by atoms with E-state index in [1.165, 1.54) is 37.8 Å². The molecule has 3 rings (SSSR count). The number of carbonyl (C=O) groups excluding carboxylic acids is 1. The first-order valence-electron chi connectivity index (χ1n) is 12.3. The Morgan fingerprint density at radius 2 is 1.69 bits per heavy atom. The van der Waals surface area contributed by atoms with Crippen LogP contribution in [0.25, 0.3) is 0 Å². The average Bonchev–Trinajstić information content (AvgIpc) is 2.77. The minimum atomic E-state index is -0.526. The zero-order chi connectivity index (χ0) is 23.1. The van der Waals surface area contributed by atoms with Crippen molar-refractivity contribution in [1.29, 1.82) is 0 Å². The number of piperidine rings is 1. The summed E-state index contributed by atoms with van der Waals surface area (Å²) in [4.78, 5) is 15.8. The molecule has 2 aliphatic rings. The molecule has 1 aliphatic carbocycles. The molecule has 1 saturated heterocycles. The molecule has 178 valence electrons. The molecule has 0 radical (unpaired) electrons. The Balaban J connectivity index is 1.60. The molecule has 1 amide bonds. The van der Waals surface area contributed by atoms with Gasteiger partial charge in [-0.05, 0) is 57.6 Å². The summed E-state index contributed by atoms with van der Waals surface area (Å²) in [6, 6.07) is 10.7. The van der Waals surface area contributed by atoms with Gasteiger partial charge in [-0.15, -0.1) is 0 Å². The average molecular weight is 460 g/mol. The Morgan fingerprint density at radius 1 is 1.06 bits per heavy atom. The maximum Gasteiger partial charge on any atom is 0.408 e. The van der Waals surface area contributed by atoms with Gasteiger partial charge in [0.25, 0.3) is 0 Å². The van der Waals surface area contributed by atoms with E-state index in [0.29, 0.717) is 12.0 Å². The molecule has 2 atom stereocenters. The summed E-state index contributed by atoms with van der Waals surface area (Å²) in [5.74, 6) is 0.871. The number of thiocarbonyl (C=S) groups is 1. The van der Waals surface area contributed by atoms with Gasteiger partial charge in [0.15, 0.2) is 0 Å². The maximum absolute atomic E-state index is 12.6. The minimum absolute atomic E-state index is 0.199. The predicted molar refractivity (Wildman–Crippen MR) is 136 cm³/mol. The molecule has 0 spiro atoms. The van der Waals surface area contributed by atoms with Crippen LogP contribution >= 0.6 is 12.2 Å². The number of hydrogen-bond donors (Lipinski definition) is 2. The summed E-state index contributed by atoms with van der Waals surface area (Å²) in [5.41, 5.74) is 0.756. The highest BCUT2D eigenvalue weighted by molar-refractivity contribution is 7.80. The Kier molecular flexibility index (Phi) is 8.80. The van der Waals surface area contributed by atoms with E-state index in [4.69, 9.17) is 17.0 Å². The first-order chi connectivity index (χ1) is 15.2. The summed E-state index contributed by atoms with van der Waals surface area (Å²) in [5, 5.41) is 6.73. The van der Waals surface area contributed by atoms with Crippen LogP contribution in [0.3, 0.4) is 0 Å². The molecule has 2 N–H and O–H groups in total. The third-order valence-electron chi connectivity index (χ3n) is 6.84. The van der Waals surface area contributed by atoms with Crippen LogP contribution in [0.5, 0.6) is 0 Å². The lowest BCUT2D eigenvalue weighted by atomic mass is 9.77. The van der Waals surface area contributed by atoms with Crippen LogP contribution in [-0.2, 0) is 4.74 Å². The number of benzene rings is 1. The molecule has 1 unspecified atom stereocenters. The topological polar surface area (TPSA) is 53.6 Å². The van der Waals surface area contributed by atoms with E-state index < -0.39 is 5.60 Å². The first kappa shape index (κ1) is 24.8. The molecule has 5 nitrogen and oxygen atoms in total. The van der Waals surface area contributed by atoms with E-state index in [2.05, 4.69) is 52.8 Å². The van der Waals surface area contributed by atoms with Gasteiger partial charge in [-0.2, -0.15) is 0 Å². The van der Waals surface area contributed by atoms with Crippen molar-refractivity contribution in [3.8, 4) is 0 Å². The van der Waals surface area contributed by atoms with Crippen LogP contribution in [-0.4, -0.2) is 41.9 Å². The summed E-state index contributed by atoms with van der Waals surface area (Å²) < 4.78 is 5.56. The van der Waals surface area contributed by atoms with Gasteiger partial charge in [0.1, 0.15) is 5.60 Å². The smallest absolute Gasteiger partial charge is 0.408 e. The minimum Gasteiger partial charge on any atom is -0.444 e. The number of hydrogen-bond acceptors (Lipinski definition) is 4. The van der Waals surface area contributed by atoms with Crippen LogP contribution in [0.4, 0.5) is 10.5 Å². The third-order valence-corrected chi connectivity index (χ3v) is 7.21. The molecule has 1 heterocycles. The van der Waals surface area contributed by atoms with Crippen molar-refractivity contribution in [2.24, 2.45) is 11.8 Å². The number of para-hydroxylation sites is 1. The summed E-state index contributed by atoms with van der Waals surface area (Å²) in [6.07, 6.45) is 7.97. The Bertz CT molecular complexity index is 735. The summed E-state index contributed by atoms with van der Waals surface area (Å²) >= 11 is 5.89. The molecule has 2 fully saturated rings. The Hall–Kier alpha value is -1.82. The van der Waals surface area contributed by atoms with Crippen LogP contribution in [0, 0.1) is 11.8 Å². The normalized spacial score (nSPS) is 20.3. The fraction of sp³-hybridized carbons (Fsp3) is 0.692. The SMILES string of the molecule is CC(C1CCCCC1)[C@@H](NC(=O)OC(C)(C)C)C(=S)NC1CCN(c2ccccc2)CC1. The maximum atomic E-state index is 12.6. The van der Waals surface area contributed by atoms with Crippen LogP contribution in [0.15, 0.2) is 30.3 Å². The second kappa shape index (κ2) is 11.4. The van der Waals surface area contributed by atoms with Gasteiger partial charge in [-0.1, -0.05) is 69.4 Å². The first-order valence-corrected chi connectivity index (χ1v) is 12.7. The lowest BCUT2D eigenvalue weighted by Crippen LogP contribution is -2.55. The molecular formula is C26H41N3O2S. The van der Waals surface area contributed by atoms with Gasteiger partial charge < -0.3 is 20.3 Å². The van der Waals surface area contributed by atoms with Gasteiger partial charge in [-0.25, -0.2) is 4.79 Å². The number of nitrogens with zero attached hydrogens (tertiary/aromatic N) is 1. The molecule has 32 heavy (non-hydrogen) atoms. The lowest BCUT2D eigenvalue weighted by Gasteiger charge is -2.38. The zero-order valence-electron chi connectivity index (χ0n) is 20.2. The molecule has 1 aromatic carbocycles. The zero-order valence-corrected chi connectivity index (χ0v) is 21.0. The fourth-order valence-electron chi connectivity index (χ4n) is 5.01. The highest BCUT2D eigenvalue weighted by Crippen LogP contribution is 2.32. The van der Waals surface area contributed by atoms with E-state index in [1.807, 2.05) is 20.8 Å². The van der Waals surface area contributed by atoms with Crippen LogP contribution in [0.2, 0.25) is 0 Å². The molecular weight excluding hydrogens is 418 g/mol. The van der Waals surface area contributed by atoms with Crippen molar-refractivity contribution in [2.75, 3.05) is 18.0 Å². The van der Waals surface area contributed by atoms with Crippen molar-refractivity contribution >= 4 is 29.0 Å². The van der Waals surface area contributed by atoms with E-state index in [9.17, 15) is 4.79 Å². The number of anilines is 1. The van der Waals surface area contributed by atoms with E-state index in [-0.39, 0.29) is 18.1 Å². The second-order valence-corrected chi connectivity index (χ2v) is 10.9. The number of ether oxygens (including phenoxy) is 1. The van der Waals surface area contributed by atoms with E-state index in [1.54, 1.807) is 0 Å². The summed E-state index contributed by atoms with van der Waals surface area (Å²) in [7, 11) is 0. The summed E-state index contributed by atoms with van der Waals surface area (Å²) in [6.45, 7) is 9.93. The van der Waals surface area contributed by atoms with Gasteiger partial charge in [0.2, 0.25) is 0 Å². The fourth-order valence-corrected chi connectivity index (χ4v) is 5.45. The van der Waals surface area contributed by atoms with E-state index in [0.717, 1.165) is 30.9 Å². The number of nitrogens with one attached hydrogen (secondary N) is 2. The highest BCUT2D eigenvalue weighted by Gasteiger charge is 2.33. The van der Waals surface area contributed by atoms with Gasteiger partial charge in [-0.3, -0.25) is 0 Å². The molecule has 1 saturated carbocycles. The standard InChI is InChI=1S/C26H41N3O2S/c1-19(20-11-7-5-8-12-20)23(28-25(30)31-26(2,3)4)24(32)27-21-15-17-29(18-16-21)22-13-9-6-10-14-22/h6,9-10,13-14,19-21,23H,5,7-8,11-12,15-18H2,1-4H3,(H,27,32)(H,28,30)/t19?,23-/m1/s1. The van der Waals surface area contributed by atoms with Crippen LogP contribution < -0.4 is 15.5 Å². The Morgan fingerprint density at radius 3 is 2.28 bits per heavy atom. The number of amides is 1. The highest BCUT2D eigenvalue weighted by atomic mass is 32.1. The molecule has 0 bridgehead atoms. The molecule has 1 aromatic rings. The molecule has 0 aromatic heterocycles. The van der Waals surface area contributed by atoms with Gasteiger partial charge in [0.05, 0.1) is 11.0 Å². The molecule has 1 aliphatic heterocycles. The largest absolute Gasteiger partial charge is 0.444 e. The second-order valence-electron chi connectivity index (χ2n) is 10.5. The van der Waals surface area contributed by atoms with Crippen molar-refractivity contribution in [3.63, 3.8) is 0 Å². The quantitative estimate of drug-likeness (QED) is 0.536. The molecule has 6 heteroatoms. The predicted octanol–water partition coefficient (Wildman–Crippen LogP) is 5.68. The van der Waals surface area contributed by atoms with Crippen LogP contribution in [0.1, 0.15) is 72.6 Å². The lowest BCUT2D eigenvalue weighted by molar-refractivity contribution is 0.0494. The van der Waals surface area contributed by atoms with Gasteiger partial charge in [0, 0.05) is 24.8 Å². The van der Waals surface area contributed by atoms with Crippen molar-refractivity contribution in [1.82, 2.24) is 10.6 Å². The van der Waals surface area contributed by atoms with E-state index >= 15 is 0 Å². The monoisotopic (exact) mass is 459 g/mol. The van der Waals surface area contributed by atoms with Gasteiger partial charge >= 0.3 is 6.09 Å². The third kappa shape index (κ3) is 7.36. The van der Waals surface area contributed by atoms with Crippen molar-refractivity contribution in [3.05, 3.63) is 30.3 Å². The van der Waals surface area contributed by atoms with Crippen molar-refractivity contribution in [2.45, 2.75) is 90.3 Å². The van der Waals surface area contributed by atoms with Crippen molar-refractivity contribution < 1.29 is 9.53 Å². The number of carbonyl (C=O) groups is 1.